The predicted octanol–water partition coefficient (Wildman–Crippen LogP) is 2.37. The van der Waals surface area contributed by atoms with E-state index < -0.39 is 11.9 Å². The lowest BCUT2D eigenvalue weighted by Crippen LogP contribution is -2.10. The van der Waals surface area contributed by atoms with Gasteiger partial charge in [0.15, 0.2) is 0 Å². The third-order valence-corrected chi connectivity index (χ3v) is 3.00. The molecule has 3 N–H and O–H groups in total. The Bertz CT molecular complexity index is 677. The van der Waals surface area contributed by atoms with Gasteiger partial charge in [-0.15, -0.1) is 0 Å². The molecule has 0 aliphatic heterocycles. The molecule has 1 amide bonds. The Labute approximate surface area is 122 Å². The van der Waals surface area contributed by atoms with E-state index in [9.17, 15) is 9.59 Å². The average Bonchev–Trinajstić information content (AvgIpc) is 2.45. The predicted molar refractivity (Wildman–Crippen MR) is 77.4 cm³/mol. The number of ether oxygens (including phenoxy) is 1. The zero-order chi connectivity index (χ0) is 15.4. The molecule has 0 saturated heterocycles. The molecular weight excluding hydrogens is 270 g/mol. The van der Waals surface area contributed by atoms with Crippen molar-refractivity contribution in [1.29, 1.82) is 0 Å². The second kappa shape index (κ2) is 6.09. The SMILES string of the molecule is Cc1ccc(C(=O)O)c(OCc2ccc(C(N)=O)cc2)c1. The maximum Gasteiger partial charge on any atom is 0.339 e. The minimum atomic E-state index is -1.03. The maximum absolute atomic E-state index is 11.1. The summed E-state index contributed by atoms with van der Waals surface area (Å²) in [7, 11) is 0. The molecule has 0 aromatic heterocycles. The van der Waals surface area contributed by atoms with Gasteiger partial charge in [-0.25, -0.2) is 4.79 Å². The first-order valence-electron chi connectivity index (χ1n) is 6.33. The van der Waals surface area contributed by atoms with E-state index >= 15 is 0 Å². The lowest BCUT2D eigenvalue weighted by molar-refractivity contribution is 0.0691. The summed E-state index contributed by atoms with van der Waals surface area (Å²) in [4.78, 5) is 22.1. The number of carboxylic acids is 1. The molecule has 0 bridgehead atoms. The number of amides is 1. The summed E-state index contributed by atoms with van der Waals surface area (Å²) in [5.41, 5.74) is 7.43. The van der Waals surface area contributed by atoms with Crippen LogP contribution in [0.25, 0.3) is 0 Å². The minimum Gasteiger partial charge on any atom is -0.488 e. The quantitative estimate of drug-likeness (QED) is 0.882. The van der Waals surface area contributed by atoms with Gasteiger partial charge in [0.05, 0.1) is 0 Å². The molecular formula is C16H15NO4. The normalized spacial score (nSPS) is 10.1. The summed E-state index contributed by atoms with van der Waals surface area (Å²) in [5, 5.41) is 9.12. The van der Waals surface area contributed by atoms with Gasteiger partial charge in [0.2, 0.25) is 5.91 Å². The monoisotopic (exact) mass is 285 g/mol. The summed E-state index contributed by atoms with van der Waals surface area (Å²) in [6, 6.07) is 11.6. The molecule has 0 radical (unpaired) electrons. The Kier molecular flexibility index (Phi) is 4.23. The van der Waals surface area contributed by atoms with Crippen molar-refractivity contribution in [1.82, 2.24) is 0 Å². The van der Waals surface area contributed by atoms with Crippen LogP contribution in [-0.2, 0) is 6.61 Å². The highest BCUT2D eigenvalue weighted by Crippen LogP contribution is 2.21. The molecule has 0 saturated carbocycles. The molecule has 0 atom stereocenters. The number of carboxylic acid groups (broad SMARTS) is 1. The van der Waals surface area contributed by atoms with Crippen LogP contribution in [0.1, 0.15) is 31.8 Å². The number of aryl methyl sites for hydroxylation is 1. The fourth-order valence-electron chi connectivity index (χ4n) is 1.85. The van der Waals surface area contributed by atoms with Gasteiger partial charge < -0.3 is 15.6 Å². The van der Waals surface area contributed by atoms with E-state index in [1.54, 1.807) is 36.4 Å². The van der Waals surface area contributed by atoms with Crippen molar-refractivity contribution in [2.45, 2.75) is 13.5 Å². The lowest BCUT2D eigenvalue weighted by Gasteiger charge is -2.10. The number of benzene rings is 2. The summed E-state index contributed by atoms with van der Waals surface area (Å²) in [6.45, 7) is 2.07. The van der Waals surface area contributed by atoms with E-state index in [2.05, 4.69) is 0 Å². The zero-order valence-corrected chi connectivity index (χ0v) is 11.5. The van der Waals surface area contributed by atoms with Crippen LogP contribution in [0, 0.1) is 6.92 Å². The van der Waals surface area contributed by atoms with Crippen molar-refractivity contribution < 1.29 is 19.4 Å². The van der Waals surface area contributed by atoms with Gasteiger partial charge in [0.25, 0.3) is 0 Å². The van der Waals surface area contributed by atoms with E-state index in [-0.39, 0.29) is 12.2 Å². The smallest absolute Gasteiger partial charge is 0.339 e. The van der Waals surface area contributed by atoms with Crippen LogP contribution in [0.2, 0.25) is 0 Å². The molecule has 108 valence electrons. The number of nitrogens with two attached hydrogens (primary N) is 1. The van der Waals surface area contributed by atoms with Crippen molar-refractivity contribution in [3.05, 3.63) is 64.7 Å². The number of hydrogen-bond donors (Lipinski definition) is 2. The van der Waals surface area contributed by atoms with Crippen LogP contribution in [0.3, 0.4) is 0 Å². The lowest BCUT2D eigenvalue weighted by atomic mass is 10.1. The molecule has 0 heterocycles. The fourth-order valence-corrected chi connectivity index (χ4v) is 1.85. The van der Waals surface area contributed by atoms with Gasteiger partial charge in [-0.3, -0.25) is 4.79 Å². The number of carbonyl (C=O) groups excluding carboxylic acids is 1. The average molecular weight is 285 g/mol. The Balaban J connectivity index is 2.14. The van der Waals surface area contributed by atoms with Crippen LogP contribution < -0.4 is 10.5 Å². The minimum absolute atomic E-state index is 0.120. The van der Waals surface area contributed by atoms with Gasteiger partial charge in [-0.05, 0) is 42.3 Å². The van der Waals surface area contributed by atoms with Gasteiger partial charge in [0, 0.05) is 5.56 Å². The highest BCUT2D eigenvalue weighted by Gasteiger charge is 2.11. The number of rotatable bonds is 5. The van der Waals surface area contributed by atoms with Crippen molar-refractivity contribution >= 4 is 11.9 Å². The first-order chi connectivity index (χ1) is 9.97. The molecule has 2 rings (SSSR count). The Morgan fingerprint density at radius 1 is 1.14 bits per heavy atom. The molecule has 0 spiro atoms. The van der Waals surface area contributed by atoms with Crippen LogP contribution >= 0.6 is 0 Å². The first kappa shape index (κ1) is 14.6. The Morgan fingerprint density at radius 2 is 1.81 bits per heavy atom. The number of carbonyl (C=O) groups is 2. The third kappa shape index (κ3) is 3.60. The molecule has 0 fully saturated rings. The molecule has 2 aromatic rings. The Hall–Kier alpha value is -2.82. The maximum atomic E-state index is 11.1. The molecule has 5 heteroatoms. The first-order valence-corrected chi connectivity index (χ1v) is 6.33. The van der Waals surface area contributed by atoms with Crippen LogP contribution in [0.15, 0.2) is 42.5 Å². The van der Waals surface area contributed by atoms with Crippen molar-refractivity contribution in [2.24, 2.45) is 5.73 Å². The van der Waals surface area contributed by atoms with E-state index in [4.69, 9.17) is 15.6 Å². The van der Waals surface area contributed by atoms with Crippen molar-refractivity contribution in [3.8, 4) is 5.75 Å². The van der Waals surface area contributed by atoms with Gasteiger partial charge >= 0.3 is 5.97 Å². The molecule has 0 aliphatic rings. The van der Waals surface area contributed by atoms with Crippen LogP contribution in [-0.4, -0.2) is 17.0 Å². The summed E-state index contributed by atoms with van der Waals surface area (Å²) < 4.78 is 5.57. The van der Waals surface area contributed by atoms with E-state index in [0.29, 0.717) is 11.3 Å². The summed E-state index contributed by atoms with van der Waals surface area (Å²) >= 11 is 0. The molecule has 5 nitrogen and oxygen atoms in total. The Morgan fingerprint density at radius 3 is 2.38 bits per heavy atom. The molecule has 0 aliphatic carbocycles. The number of aromatic carboxylic acids is 1. The number of primary amides is 1. The van der Waals surface area contributed by atoms with E-state index in [1.807, 2.05) is 6.92 Å². The highest BCUT2D eigenvalue weighted by molar-refractivity contribution is 5.92. The van der Waals surface area contributed by atoms with Crippen molar-refractivity contribution in [3.63, 3.8) is 0 Å². The largest absolute Gasteiger partial charge is 0.488 e. The van der Waals surface area contributed by atoms with E-state index in [1.165, 1.54) is 6.07 Å². The van der Waals surface area contributed by atoms with Gasteiger partial charge in [-0.2, -0.15) is 0 Å². The van der Waals surface area contributed by atoms with E-state index in [0.717, 1.165) is 11.1 Å². The van der Waals surface area contributed by atoms with Crippen LogP contribution in [0.5, 0.6) is 5.75 Å². The fraction of sp³-hybridized carbons (Fsp3) is 0.125. The standard InChI is InChI=1S/C16H15NO4/c1-10-2-7-13(16(19)20)14(8-10)21-9-11-3-5-12(6-4-11)15(17)18/h2-8H,9H2,1H3,(H2,17,18)(H,19,20). The third-order valence-electron chi connectivity index (χ3n) is 3.00. The van der Waals surface area contributed by atoms with Crippen LogP contribution in [0.4, 0.5) is 0 Å². The van der Waals surface area contributed by atoms with Gasteiger partial charge in [0.1, 0.15) is 17.9 Å². The molecule has 0 unspecified atom stereocenters. The zero-order valence-electron chi connectivity index (χ0n) is 11.5. The summed E-state index contributed by atoms with van der Waals surface area (Å²) in [6.07, 6.45) is 0. The summed E-state index contributed by atoms with van der Waals surface area (Å²) in [5.74, 6) is -1.20. The van der Waals surface area contributed by atoms with Crippen molar-refractivity contribution in [2.75, 3.05) is 0 Å². The highest BCUT2D eigenvalue weighted by atomic mass is 16.5. The second-order valence-electron chi connectivity index (χ2n) is 4.65. The van der Waals surface area contributed by atoms with Gasteiger partial charge in [-0.1, -0.05) is 18.2 Å². The molecule has 21 heavy (non-hydrogen) atoms. The molecule has 2 aromatic carbocycles. The number of hydrogen-bond acceptors (Lipinski definition) is 3. The topological polar surface area (TPSA) is 89.6 Å². The second-order valence-corrected chi connectivity index (χ2v) is 4.65.